The summed E-state index contributed by atoms with van der Waals surface area (Å²) < 4.78 is 19.9. The lowest BCUT2D eigenvalue weighted by molar-refractivity contribution is -0.125. The van der Waals surface area contributed by atoms with Gasteiger partial charge in [-0.3, -0.25) is 9.59 Å². The number of fused-ring (bicyclic) bond motifs is 1. The van der Waals surface area contributed by atoms with Crippen LogP contribution < -0.4 is 15.5 Å². The number of carbonyl (C=O) groups is 2. The van der Waals surface area contributed by atoms with E-state index in [0.717, 1.165) is 24.6 Å². The van der Waals surface area contributed by atoms with Crippen LogP contribution in [0.15, 0.2) is 36.7 Å². The predicted molar refractivity (Wildman–Crippen MR) is 154 cm³/mol. The van der Waals surface area contributed by atoms with Crippen molar-refractivity contribution in [3.05, 3.63) is 64.2 Å². The number of halogens is 2. The highest BCUT2D eigenvalue weighted by atomic mass is 35.5. The largest absolute Gasteiger partial charge is 0.381 e. The maximum Gasteiger partial charge on any atom is 0.255 e. The van der Waals surface area contributed by atoms with Crippen molar-refractivity contribution in [3.8, 4) is 11.3 Å². The van der Waals surface area contributed by atoms with E-state index in [1.54, 1.807) is 51.2 Å². The molecule has 2 aliphatic heterocycles. The minimum Gasteiger partial charge on any atom is -0.381 e. The van der Waals surface area contributed by atoms with Gasteiger partial charge in [-0.25, -0.2) is 19.3 Å². The first-order valence-electron chi connectivity index (χ1n) is 13.6. The van der Waals surface area contributed by atoms with Crippen molar-refractivity contribution in [1.29, 1.82) is 0 Å². The molecule has 2 amide bonds. The van der Waals surface area contributed by atoms with Gasteiger partial charge in [0.2, 0.25) is 11.9 Å². The molecule has 0 bridgehead atoms. The van der Waals surface area contributed by atoms with Gasteiger partial charge in [0.15, 0.2) is 0 Å². The second-order valence-corrected chi connectivity index (χ2v) is 11.0. The van der Waals surface area contributed by atoms with Crippen LogP contribution in [0.4, 0.5) is 16.2 Å². The molecule has 1 aromatic carbocycles. The highest BCUT2D eigenvalue weighted by Gasteiger charge is 2.35. The number of carbonyl (C=O) groups excluding carboxylic acids is 2. The number of anilines is 2. The Morgan fingerprint density at radius 3 is 2.66 bits per heavy atom. The zero-order valence-corrected chi connectivity index (χ0v) is 24.2. The summed E-state index contributed by atoms with van der Waals surface area (Å²) in [5, 5.41) is 6.55. The molecule has 1 fully saturated rings. The third-order valence-corrected chi connectivity index (χ3v) is 7.79. The Hall–Kier alpha value is -3.83. The van der Waals surface area contributed by atoms with Crippen molar-refractivity contribution >= 4 is 35.2 Å². The highest BCUT2D eigenvalue weighted by molar-refractivity contribution is 6.33. The van der Waals surface area contributed by atoms with Gasteiger partial charge in [-0.2, -0.15) is 0 Å². The van der Waals surface area contributed by atoms with E-state index in [9.17, 15) is 14.0 Å². The summed E-state index contributed by atoms with van der Waals surface area (Å²) in [6.45, 7) is 5.02. The van der Waals surface area contributed by atoms with Crippen LogP contribution in [0.25, 0.3) is 11.3 Å². The standard InChI is InChI=1S/C29H33ClFN7O3/c1-16(21-12-25(37(3)4)32-14-24(21)31)34-27(39)17(2)38-15-19-6-5-18(11-22(19)28(38)40)26-23(30)13-33-29(36-26)35-20-7-9-41-10-8-20/h5-6,11-14,16-17,20H,7-10,15H2,1-4H3,(H,34,39)(H,33,35,36)/t16-,17+/m1/s1. The van der Waals surface area contributed by atoms with Crippen LogP contribution in [-0.4, -0.2) is 71.1 Å². The summed E-state index contributed by atoms with van der Waals surface area (Å²) in [6, 6.07) is 5.89. The molecular weight excluding hydrogens is 549 g/mol. The SMILES string of the molecule is C[C@@H](NC(=O)[C@H](C)N1Cc2ccc(-c3nc(NC4CCOCC4)ncc3Cl)cc2C1=O)c1cc(N(C)C)ncc1F. The predicted octanol–water partition coefficient (Wildman–Crippen LogP) is 4.21. The number of hydrogen-bond acceptors (Lipinski definition) is 8. The average molecular weight is 582 g/mol. The molecule has 0 unspecified atom stereocenters. The minimum absolute atomic E-state index is 0.216. The van der Waals surface area contributed by atoms with Gasteiger partial charge in [-0.05, 0) is 44.4 Å². The first-order valence-corrected chi connectivity index (χ1v) is 13.9. The zero-order chi connectivity index (χ0) is 29.3. The third kappa shape index (κ3) is 6.11. The zero-order valence-electron chi connectivity index (χ0n) is 23.4. The first kappa shape index (κ1) is 28.7. The van der Waals surface area contributed by atoms with E-state index in [4.69, 9.17) is 16.3 Å². The molecular formula is C29H33ClFN7O3. The molecule has 2 atom stereocenters. The van der Waals surface area contributed by atoms with E-state index in [-0.39, 0.29) is 24.4 Å². The van der Waals surface area contributed by atoms with Gasteiger partial charge < -0.3 is 25.2 Å². The molecule has 0 spiro atoms. The Kier molecular flexibility index (Phi) is 8.37. The van der Waals surface area contributed by atoms with Crippen molar-refractivity contribution in [1.82, 2.24) is 25.2 Å². The molecule has 41 heavy (non-hydrogen) atoms. The maximum absolute atomic E-state index is 14.5. The van der Waals surface area contributed by atoms with Crippen LogP contribution in [-0.2, 0) is 16.1 Å². The molecule has 2 aromatic heterocycles. The number of amides is 2. The van der Waals surface area contributed by atoms with Crippen molar-refractivity contribution in [2.24, 2.45) is 0 Å². The Balaban J connectivity index is 1.30. The second kappa shape index (κ2) is 12.0. The van der Waals surface area contributed by atoms with Crippen LogP contribution in [0, 0.1) is 5.82 Å². The molecule has 10 nitrogen and oxygen atoms in total. The Morgan fingerprint density at radius 2 is 1.93 bits per heavy atom. The number of aromatic nitrogens is 3. The number of nitrogens with one attached hydrogen (secondary N) is 2. The quantitative estimate of drug-likeness (QED) is 0.407. The van der Waals surface area contributed by atoms with Crippen molar-refractivity contribution in [2.75, 3.05) is 37.5 Å². The molecule has 3 aromatic rings. The van der Waals surface area contributed by atoms with Gasteiger partial charge in [0.05, 0.1) is 29.2 Å². The normalized spacial score (nSPS) is 16.7. The fourth-order valence-corrected chi connectivity index (χ4v) is 5.22. The first-order chi connectivity index (χ1) is 19.6. The highest BCUT2D eigenvalue weighted by Crippen LogP contribution is 2.32. The van der Waals surface area contributed by atoms with E-state index in [1.807, 2.05) is 12.1 Å². The number of ether oxygens (including phenoxy) is 1. The van der Waals surface area contributed by atoms with E-state index in [1.165, 1.54) is 4.90 Å². The number of hydrogen-bond donors (Lipinski definition) is 2. The summed E-state index contributed by atoms with van der Waals surface area (Å²) >= 11 is 6.46. The molecule has 2 aliphatic rings. The summed E-state index contributed by atoms with van der Waals surface area (Å²) in [7, 11) is 3.61. The van der Waals surface area contributed by atoms with Gasteiger partial charge in [-0.15, -0.1) is 0 Å². The Labute approximate surface area is 243 Å². The Morgan fingerprint density at radius 1 is 1.17 bits per heavy atom. The van der Waals surface area contributed by atoms with Crippen molar-refractivity contribution < 1.29 is 18.7 Å². The van der Waals surface area contributed by atoms with Crippen LogP contribution in [0.2, 0.25) is 5.02 Å². The lowest BCUT2D eigenvalue weighted by atomic mass is 10.0. The molecule has 1 saturated heterocycles. The molecule has 216 valence electrons. The van der Waals surface area contributed by atoms with Gasteiger partial charge in [0.1, 0.15) is 17.7 Å². The molecule has 0 aliphatic carbocycles. The number of pyridine rings is 1. The van der Waals surface area contributed by atoms with E-state index in [2.05, 4.69) is 25.6 Å². The lowest BCUT2D eigenvalue weighted by Crippen LogP contribution is -2.46. The molecule has 4 heterocycles. The van der Waals surface area contributed by atoms with Crippen LogP contribution in [0.3, 0.4) is 0 Å². The topological polar surface area (TPSA) is 113 Å². The fraction of sp³-hybridized carbons (Fsp3) is 0.414. The molecule has 0 saturated carbocycles. The van der Waals surface area contributed by atoms with Gasteiger partial charge >= 0.3 is 0 Å². The summed E-state index contributed by atoms with van der Waals surface area (Å²) in [6.07, 6.45) is 4.42. The van der Waals surface area contributed by atoms with Gasteiger partial charge in [-0.1, -0.05) is 23.7 Å². The monoisotopic (exact) mass is 581 g/mol. The summed E-state index contributed by atoms with van der Waals surface area (Å²) in [5.74, 6) is -0.126. The molecule has 0 radical (unpaired) electrons. The maximum atomic E-state index is 14.5. The smallest absolute Gasteiger partial charge is 0.255 e. The molecule has 2 N–H and O–H groups in total. The minimum atomic E-state index is -0.781. The van der Waals surface area contributed by atoms with Gasteiger partial charge in [0, 0.05) is 56.6 Å². The van der Waals surface area contributed by atoms with Gasteiger partial charge in [0.25, 0.3) is 5.91 Å². The van der Waals surface area contributed by atoms with Crippen LogP contribution >= 0.6 is 11.6 Å². The van der Waals surface area contributed by atoms with E-state index in [0.29, 0.717) is 52.4 Å². The summed E-state index contributed by atoms with van der Waals surface area (Å²) in [5.41, 5.74) is 2.79. The number of benzene rings is 1. The van der Waals surface area contributed by atoms with E-state index < -0.39 is 17.9 Å². The lowest BCUT2D eigenvalue weighted by Gasteiger charge is -2.25. The third-order valence-electron chi connectivity index (χ3n) is 7.51. The van der Waals surface area contributed by atoms with Crippen LogP contribution in [0.5, 0.6) is 0 Å². The van der Waals surface area contributed by atoms with Crippen LogP contribution in [0.1, 0.15) is 54.2 Å². The second-order valence-electron chi connectivity index (χ2n) is 10.6. The molecule has 12 heteroatoms. The number of nitrogens with zero attached hydrogens (tertiary/aromatic N) is 5. The summed E-state index contributed by atoms with van der Waals surface area (Å²) in [4.78, 5) is 42.9. The average Bonchev–Trinajstić information content (AvgIpc) is 3.29. The number of rotatable bonds is 8. The van der Waals surface area contributed by atoms with Crippen molar-refractivity contribution in [3.63, 3.8) is 0 Å². The molecule has 5 rings (SSSR count). The fourth-order valence-electron chi connectivity index (χ4n) is 5.02. The Bertz CT molecular complexity index is 1460. The van der Waals surface area contributed by atoms with Crippen molar-refractivity contribution in [2.45, 2.75) is 51.4 Å². The van der Waals surface area contributed by atoms with E-state index >= 15 is 0 Å².